The lowest BCUT2D eigenvalue weighted by atomic mass is 9.74. The van der Waals surface area contributed by atoms with Crippen LogP contribution in [0.2, 0.25) is 0 Å². The molecule has 0 fully saturated rings. The third-order valence-electron chi connectivity index (χ3n) is 6.38. The Balaban J connectivity index is 1.98. The van der Waals surface area contributed by atoms with Gasteiger partial charge in [0.1, 0.15) is 28.8 Å². The van der Waals surface area contributed by atoms with Gasteiger partial charge in [-0.2, -0.15) is 0 Å². The largest absolute Gasteiger partial charge is 0.508 e. The fourth-order valence-corrected chi connectivity index (χ4v) is 4.71. The Kier molecular flexibility index (Phi) is 5.29. The maximum atomic E-state index is 15.1. The smallest absolute Gasteiger partial charge is 0.130 e. The third kappa shape index (κ3) is 3.48. The number of aryl methyl sites for hydroxylation is 3. The first-order valence-electron chi connectivity index (χ1n) is 10.5. The van der Waals surface area contributed by atoms with Crippen molar-refractivity contribution in [2.24, 2.45) is 0 Å². The Morgan fingerprint density at radius 1 is 0.935 bits per heavy atom. The predicted molar refractivity (Wildman–Crippen MR) is 118 cm³/mol. The van der Waals surface area contributed by atoms with E-state index < -0.39 is 5.82 Å². The van der Waals surface area contributed by atoms with Crippen molar-refractivity contribution < 1.29 is 24.4 Å². The molecule has 0 bridgehead atoms. The molecule has 4 nitrogen and oxygen atoms in total. The summed E-state index contributed by atoms with van der Waals surface area (Å²) < 4.78 is 21.2. The van der Waals surface area contributed by atoms with E-state index in [9.17, 15) is 15.3 Å². The molecular weight excluding hydrogens is 395 g/mol. The van der Waals surface area contributed by atoms with Crippen molar-refractivity contribution >= 4 is 0 Å². The molecule has 0 aromatic heterocycles. The summed E-state index contributed by atoms with van der Waals surface area (Å²) in [5, 5.41) is 30.6. The number of rotatable bonds is 3. The summed E-state index contributed by atoms with van der Waals surface area (Å²) in [4.78, 5) is 0. The summed E-state index contributed by atoms with van der Waals surface area (Å²) in [5.74, 6) is -0.161. The number of phenols is 3. The molecule has 1 heterocycles. The van der Waals surface area contributed by atoms with E-state index in [0.29, 0.717) is 29.9 Å². The van der Waals surface area contributed by atoms with Gasteiger partial charge in [-0.25, -0.2) is 4.39 Å². The summed E-state index contributed by atoms with van der Waals surface area (Å²) in [5.41, 5.74) is 5.15. The van der Waals surface area contributed by atoms with Gasteiger partial charge in [-0.05, 0) is 67.1 Å². The lowest BCUT2D eigenvalue weighted by Crippen LogP contribution is -2.27. The molecule has 3 N–H and O–H groups in total. The predicted octanol–water partition coefficient (Wildman–Crippen LogP) is 5.74. The minimum atomic E-state index is -0.487. The fraction of sp³-hybridized carbons (Fsp3) is 0.308. The number of aromatic hydroxyl groups is 3. The molecule has 2 atom stereocenters. The van der Waals surface area contributed by atoms with E-state index in [0.717, 1.165) is 33.9 Å². The van der Waals surface area contributed by atoms with Gasteiger partial charge < -0.3 is 20.1 Å². The van der Waals surface area contributed by atoms with Crippen molar-refractivity contribution in [3.63, 3.8) is 0 Å². The van der Waals surface area contributed by atoms with Gasteiger partial charge in [0.15, 0.2) is 0 Å². The van der Waals surface area contributed by atoms with E-state index >= 15 is 4.39 Å². The second kappa shape index (κ2) is 7.80. The number of phenolic OH excluding ortho intramolecular Hbond substituents is 3. The van der Waals surface area contributed by atoms with Gasteiger partial charge in [0.2, 0.25) is 0 Å². The number of hydrogen-bond acceptors (Lipinski definition) is 4. The second-order valence-electron chi connectivity index (χ2n) is 8.39. The summed E-state index contributed by atoms with van der Waals surface area (Å²) >= 11 is 0. The zero-order chi connectivity index (χ0) is 22.4. The number of fused-ring (bicyclic) bond motifs is 1. The van der Waals surface area contributed by atoms with E-state index in [2.05, 4.69) is 0 Å². The maximum absolute atomic E-state index is 15.1. The summed E-state index contributed by atoms with van der Waals surface area (Å²) in [7, 11) is 0. The average Bonchev–Trinajstić information content (AvgIpc) is 2.73. The van der Waals surface area contributed by atoms with Crippen LogP contribution in [0.25, 0.3) is 0 Å². The molecule has 0 radical (unpaired) electrons. The zero-order valence-electron chi connectivity index (χ0n) is 18.2. The van der Waals surface area contributed by atoms with Crippen LogP contribution < -0.4 is 4.74 Å². The molecule has 1 aliphatic heterocycles. The van der Waals surface area contributed by atoms with Crippen molar-refractivity contribution in [3.8, 4) is 23.0 Å². The van der Waals surface area contributed by atoms with Gasteiger partial charge in [-0.3, -0.25) is 0 Å². The zero-order valence-corrected chi connectivity index (χ0v) is 18.2. The fourth-order valence-electron chi connectivity index (χ4n) is 4.71. The van der Waals surface area contributed by atoms with Crippen molar-refractivity contribution in [3.05, 3.63) is 81.2 Å². The lowest BCUT2D eigenvalue weighted by Gasteiger charge is -2.36. The Morgan fingerprint density at radius 2 is 1.61 bits per heavy atom. The minimum absolute atomic E-state index is 0.127. The van der Waals surface area contributed by atoms with Crippen LogP contribution in [-0.4, -0.2) is 21.9 Å². The molecule has 0 amide bonds. The van der Waals surface area contributed by atoms with Crippen LogP contribution in [0.3, 0.4) is 0 Å². The van der Waals surface area contributed by atoms with Crippen LogP contribution >= 0.6 is 0 Å². The van der Waals surface area contributed by atoms with Crippen LogP contribution in [-0.2, 0) is 6.42 Å². The van der Waals surface area contributed by atoms with Crippen LogP contribution in [0.5, 0.6) is 23.0 Å². The molecule has 3 aromatic rings. The molecule has 1 aliphatic rings. The first-order chi connectivity index (χ1) is 14.7. The molecule has 162 valence electrons. The molecule has 0 aliphatic carbocycles. The summed E-state index contributed by atoms with van der Waals surface area (Å²) in [6, 6.07) is 9.97. The van der Waals surface area contributed by atoms with Crippen molar-refractivity contribution in [1.82, 2.24) is 0 Å². The minimum Gasteiger partial charge on any atom is -0.508 e. The Bertz CT molecular complexity index is 1150. The van der Waals surface area contributed by atoms with E-state index in [1.807, 2.05) is 45.9 Å². The van der Waals surface area contributed by atoms with Crippen molar-refractivity contribution in [2.45, 2.75) is 46.0 Å². The van der Waals surface area contributed by atoms with Crippen molar-refractivity contribution in [1.29, 1.82) is 0 Å². The highest BCUT2D eigenvalue weighted by atomic mass is 19.1. The molecule has 3 aromatic carbocycles. The number of halogens is 1. The third-order valence-corrected chi connectivity index (χ3v) is 6.38. The molecule has 0 saturated carbocycles. The second-order valence-corrected chi connectivity index (χ2v) is 8.39. The summed E-state index contributed by atoms with van der Waals surface area (Å²) in [6.45, 7) is 7.76. The summed E-state index contributed by atoms with van der Waals surface area (Å²) in [6.07, 6.45) is 0.632. The lowest BCUT2D eigenvalue weighted by molar-refractivity contribution is 0.244. The van der Waals surface area contributed by atoms with Crippen LogP contribution in [0, 0.1) is 26.6 Å². The van der Waals surface area contributed by atoms with Crippen molar-refractivity contribution in [2.75, 3.05) is 6.61 Å². The van der Waals surface area contributed by atoms with Crippen LogP contribution in [0.4, 0.5) is 4.39 Å². The van der Waals surface area contributed by atoms with E-state index in [1.54, 1.807) is 6.07 Å². The Hall–Kier alpha value is -3.21. The van der Waals surface area contributed by atoms with Gasteiger partial charge >= 0.3 is 0 Å². The average molecular weight is 422 g/mol. The first kappa shape index (κ1) is 21.0. The molecule has 0 spiro atoms. The van der Waals surface area contributed by atoms with Crippen LogP contribution in [0.15, 0.2) is 36.4 Å². The maximum Gasteiger partial charge on any atom is 0.130 e. The van der Waals surface area contributed by atoms with E-state index in [1.165, 1.54) is 6.07 Å². The van der Waals surface area contributed by atoms with E-state index in [-0.39, 0.29) is 29.1 Å². The van der Waals surface area contributed by atoms with Gasteiger partial charge in [0.05, 0.1) is 6.61 Å². The SMILES string of the molecule is CCc1cc2c(c(C)c1O)OCC(c1cc(C)c(O)c(C)c1)C2c1ccc(O)cc1F. The first-order valence-corrected chi connectivity index (χ1v) is 10.5. The van der Waals surface area contributed by atoms with Gasteiger partial charge in [-0.1, -0.05) is 25.1 Å². The molecule has 2 unspecified atom stereocenters. The normalized spacial score (nSPS) is 17.8. The number of benzene rings is 3. The monoisotopic (exact) mass is 422 g/mol. The van der Waals surface area contributed by atoms with E-state index in [4.69, 9.17) is 4.74 Å². The standard InChI is InChI=1S/C26H27FO4/c1-5-16-10-20-23(19-7-6-18(28)11-22(19)27)21(12-31-26(20)15(4)25(16)30)17-8-13(2)24(29)14(3)9-17/h6-11,21,23,28-30H,5,12H2,1-4H3. The number of hydrogen-bond donors (Lipinski definition) is 3. The van der Waals surface area contributed by atoms with Gasteiger partial charge in [0.25, 0.3) is 0 Å². The Morgan fingerprint density at radius 3 is 2.23 bits per heavy atom. The molecule has 31 heavy (non-hydrogen) atoms. The topological polar surface area (TPSA) is 69.9 Å². The molecule has 0 saturated heterocycles. The highest BCUT2D eigenvalue weighted by Crippen LogP contribution is 2.51. The molecule has 5 heteroatoms. The van der Waals surface area contributed by atoms with Gasteiger partial charge in [-0.15, -0.1) is 0 Å². The quantitative estimate of drug-likeness (QED) is 0.504. The molecule has 4 rings (SSSR count). The molecular formula is C26H27FO4. The van der Waals surface area contributed by atoms with Gasteiger partial charge in [0, 0.05) is 29.0 Å². The highest BCUT2D eigenvalue weighted by Gasteiger charge is 2.37. The number of ether oxygens (including phenoxy) is 1. The van der Waals surface area contributed by atoms with Crippen LogP contribution in [0.1, 0.15) is 57.7 Å². The Labute approximate surface area is 181 Å². The highest BCUT2D eigenvalue weighted by molar-refractivity contribution is 5.59.